The maximum absolute atomic E-state index is 12.8. The van der Waals surface area contributed by atoms with Gasteiger partial charge in [-0.15, -0.1) is 0 Å². The summed E-state index contributed by atoms with van der Waals surface area (Å²) < 4.78 is 27.8. The van der Waals surface area contributed by atoms with Gasteiger partial charge < -0.3 is 35.2 Å². The second-order valence-electron chi connectivity index (χ2n) is 7.32. The van der Waals surface area contributed by atoms with Gasteiger partial charge in [-0.25, -0.2) is 4.68 Å². The molecular formula is C25H40N4O7. The fraction of sp³-hybridized carbons (Fsp3) is 0.560. The van der Waals surface area contributed by atoms with Gasteiger partial charge in [0.25, 0.3) is 5.56 Å². The summed E-state index contributed by atoms with van der Waals surface area (Å²) in [6.45, 7) is 7.41. The molecule has 11 heteroatoms. The topological polar surface area (TPSA) is 150 Å². The standard InChI is InChI=1S/C23H34N4O7.C2H6/c1-27-22(28)21(18-5-3-17(4-6-18)15-19(25)23(29)30-2)20(16-26-27)34-14-13-33-12-11-32-10-9-31-8-7-24;1-2/h3-6,16,19H,7-15,24-25H2,1-2H3;1-2H3. The SMILES string of the molecule is CC.COC(=O)C(N)Cc1ccc(-c2c(OCCOCCOCCOCCN)cnn(C)c2=O)cc1. The number of benzene rings is 1. The molecule has 0 spiro atoms. The summed E-state index contributed by atoms with van der Waals surface area (Å²) in [6, 6.07) is 6.44. The van der Waals surface area contributed by atoms with Gasteiger partial charge in [0.2, 0.25) is 0 Å². The van der Waals surface area contributed by atoms with Crippen LogP contribution in [-0.4, -0.2) is 81.7 Å². The van der Waals surface area contributed by atoms with E-state index < -0.39 is 12.0 Å². The lowest BCUT2D eigenvalue weighted by Gasteiger charge is -2.13. The number of nitrogens with two attached hydrogens (primary N) is 2. The Balaban J connectivity index is 0.00000316. The van der Waals surface area contributed by atoms with Crippen molar-refractivity contribution >= 4 is 5.97 Å². The first-order valence-electron chi connectivity index (χ1n) is 12.0. The van der Waals surface area contributed by atoms with E-state index in [1.807, 2.05) is 26.0 Å². The highest BCUT2D eigenvalue weighted by molar-refractivity contribution is 5.76. The van der Waals surface area contributed by atoms with E-state index in [1.54, 1.807) is 19.2 Å². The van der Waals surface area contributed by atoms with Crippen molar-refractivity contribution in [3.8, 4) is 16.9 Å². The van der Waals surface area contributed by atoms with Gasteiger partial charge in [-0.3, -0.25) is 9.59 Å². The van der Waals surface area contributed by atoms with Crippen molar-refractivity contribution in [2.45, 2.75) is 26.3 Å². The van der Waals surface area contributed by atoms with E-state index >= 15 is 0 Å². The molecule has 1 atom stereocenters. The van der Waals surface area contributed by atoms with Crippen LogP contribution in [0, 0.1) is 0 Å². The van der Waals surface area contributed by atoms with Gasteiger partial charge >= 0.3 is 5.97 Å². The van der Waals surface area contributed by atoms with Crippen LogP contribution in [-0.2, 0) is 37.2 Å². The van der Waals surface area contributed by atoms with Gasteiger partial charge in [-0.1, -0.05) is 38.1 Å². The first kappa shape index (κ1) is 31.2. The van der Waals surface area contributed by atoms with Gasteiger partial charge in [-0.2, -0.15) is 5.10 Å². The molecule has 1 aromatic carbocycles. The molecule has 0 aliphatic rings. The molecule has 0 aliphatic heterocycles. The van der Waals surface area contributed by atoms with Gasteiger partial charge in [0.1, 0.15) is 12.6 Å². The van der Waals surface area contributed by atoms with Crippen LogP contribution in [0.15, 0.2) is 35.3 Å². The Kier molecular flexibility index (Phi) is 16.0. The molecule has 0 radical (unpaired) electrons. The molecule has 4 N–H and O–H groups in total. The first-order chi connectivity index (χ1) is 17.5. The number of ether oxygens (including phenoxy) is 5. The number of rotatable bonds is 16. The van der Waals surface area contributed by atoms with Crippen molar-refractivity contribution in [2.75, 3.05) is 59.9 Å². The molecular weight excluding hydrogens is 468 g/mol. The first-order valence-corrected chi connectivity index (χ1v) is 12.0. The summed E-state index contributed by atoms with van der Waals surface area (Å²) in [7, 11) is 2.87. The van der Waals surface area contributed by atoms with E-state index in [1.165, 1.54) is 18.0 Å². The molecule has 0 bridgehead atoms. The quantitative estimate of drug-likeness (QED) is 0.247. The van der Waals surface area contributed by atoms with Crippen LogP contribution in [0.25, 0.3) is 11.1 Å². The van der Waals surface area contributed by atoms with Crippen molar-refractivity contribution in [2.24, 2.45) is 18.5 Å². The Morgan fingerprint density at radius 3 is 2.08 bits per heavy atom. The van der Waals surface area contributed by atoms with Crippen molar-refractivity contribution < 1.29 is 28.5 Å². The normalized spacial score (nSPS) is 11.4. The molecule has 11 nitrogen and oxygen atoms in total. The zero-order chi connectivity index (χ0) is 26.8. The van der Waals surface area contributed by atoms with E-state index in [9.17, 15) is 9.59 Å². The third-order valence-corrected chi connectivity index (χ3v) is 4.80. The highest BCUT2D eigenvalue weighted by Gasteiger charge is 2.16. The van der Waals surface area contributed by atoms with E-state index in [0.29, 0.717) is 69.5 Å². The molecule has 36 heavy (non-hydrogen) atoms. The molecule has 1 heterocycles. The number of hydrogen-bond donors (Lipinski definition) is 2. The maximum Gasteiger partial charge on any atom is 0.322 e. The highest BCUT2D eigenvalue weighted by atomic mass is 16.6. The minimum absolute atomic E-state index is 0.244. The fourth-order valence-electron chi connectivity index (χ4n) is 3.03. The predicted molar refractivity (Wildman–Crippen MR) is 137 cm³/mol. The molecule has 0 amide bonds. The Hall–Kier alpha value is -2.83. The maximum atomic E-state index is 12.8. The summed E-state index contributed by atoms with van der Waals surface area (Å²) >= 11 is 0. The molecule has 0 aliphatic carbocycles. The van der Waals surface area contributed by atoms with E-state index in [2.05, 4.69) is 9.84 Å². The summed E-state index contributed by atoms with van der Waals surface area (Å²) in [5.74, 6) is -0.118. The second-order valence-corrected chi connectivity index (χ2v) is 7.32. The predicted octanol–water partition coefficient (Wildman–Crippen LogP) is 0.904. The van der Waals surface area contributed by atoms with Crippen LogP contribution in [0.3, 0.4) is 0 Å². The summed E-state index contributed by atoms with van der Waals surface area (Å²) in [5, 5.41) is 4.05. The minimum Gasteiger partial charge on any atom is -0.489 e. The number of methoxy groups -OCH3 is 1. The third kappa shape index (κ3) is 10.8. The molecule has 2 rings (SSSR count). The largest absolute Gasteiger partial charge is 0.489 e. The monoisotopic (exact) mass is 508 g/mol. The average Bonchev–Trinajstić information content (AvgIpc) is 2.90. The fourth-order valence-corrected chi connectivity index (χ4v) is 3.03. The van der Waals surface area contributed by atoms with Crippen LogP contribution in [0.5, 0.6) is 5.75 Å². The lowest BCUT2D eigenvalue weighted by Crippen LogP contribution is -2.33. The highest BCUT2D eigenvalue weighted by Crippen LogP contribution is 2.26. The molecule has 1 aromatic heterocycles. The number of aromatic nitrogens is 2. The summed E-state index contributed by atoms with van der Waals surface area (Å²) in [6.07, 6.45) is 1.83. The number of nitrogens with zero attached hydrogens (tertiary/aromatic N) is 2. The average molecular weight is 509 g/mol. The lowest BCUT2D eigenvalue weighted by atomic mass is 10.0. The van der Waals surface area contributed by atoms with Gasteiger partial charge in [-0.05, 0) is 17.5 Å². The van der Waals surface area contributed by atoms with Gasteiger partial charge in [0.05, 0.1) is 58.5 Å². The number of aryl methyl sites for hydroxylation is 1. The Morgan fingerprint density at radius 1 is 0.972 bits per heavy atom. The number of carbonyl (C=O) groups excluding carboxylic acids is 1. The van der Waals surface area contributed by atoms with Crippen LogP contribution in [0.1, 0.15) is 19.4 Å². The Morgan fingerprint density at radius 2 is 1.53 bits per heavy atom. The molecule has 0 saturated carbocycles. The molecule has 2 aromatic rings. The van der Waals surface area contributed by atoms with Crippen molar-refractivity contribution in [3.63, 3.8) is 0 Å². The van der Waals surface area contributed by atoms with Crippen LogP contribution >= 0.6 is 0 Å². The molecule has 202 valence electrons. The zero-order valence-corrected chi connectivity index (χ0v) is 21.7. The zero-order valence-electron chi connectivity index (χ0n) is 21.7. The van der Waals surface area contributed by atoms with Gasteiger partial charge in [0, 0.05) is 13.6 Å². The van der Waals surface area contributed by atoms with Crippen molar-refractivity contribution in [1.29, 1.82) is 0 Å². The molecule has 1 unspecified atom stereocenters. The minimum atomic E-state index is -0.751. The number of esters is 1. The summed E-state index contributed by atoms with van der Waals surface area (Å²) in [4.78, 5) is 24.3. The van der Waals surface area contributed by atoms with E-state index in [-0.39, 0.29) is 12.2 Å². The lowest BCUT2D eigenvalue weighted by molar-refractivity contribution is -0.142. The van der Waals surface area contributed by atoms with Crippen LogP contribution in [0.4, 0.5) is 0 Å². The Bertz CT molecular complexity index is 935. The van der Waals surface area contributed by atoms with Gasteiger partial charge in [0.15, 0.2) is 5.75 Å². The van der Waals surface area contributed by atoms with Crippen molar-refractivity contribution in [1.82, 2.24) is 9.78 Å². The Labute approximate surface area is 212 Å². The molecule has 0 saturated heterocycles. The van der Waals surface area contributed by atoms with Crippen LogP contribution < -0.4 is 21.8 Å². The number of carbonyl (C=O) groups is 1. The smallest absolute Gasteiger partial charge is 0.322 e. The summed E-state index contributed by atoms with van der Waals surface area (Å²) in [5.41, 5.74) is 12.8. The van der Waals surface area contributed by atoms with E-state index in [4.69, 9.17) is 30.4 Å². The van der Waals surface area contributed by atoms with Crippen LogP contribution in [0.2, 0.25) is 0 Å². The third-order valence-electron chi connectivity index (χ3n) is 4.80. The van der Waals surface area contributed by atoms with Crippen molar-refractivity contribution in [3.05, 3.63) is 46.4 Å². The van der Waals surface area contributed by atoms with E-state index in [0.717, 1.165) is 5.56 Å². The number of hydrogen-bond acceptors (Lipinski definition) is 10. The molecule has 0 fully saturated rings. The second kappa shape index (κ2) is 18.4.